The average molecular weight is 298 g/mol. The van der Waals surface area contributed by atoms with Crippen molar-refractivity contribution in [1.82, 2.24) is 0 Å². The molecule has 2 aromatic rings. The van der Waals surface area contributed by atoms with Gasteiger partial charge in [0.15, 0.2) is 0 Å². The Hall–Kier alpha value is -2.20. The van der Waals surface area contributed by atoms with Crippen LogP contribution in [0, 0.1) is 0 Å². The quantitative estimate of drug-likeness (QED) is 0.672. The van der Waals surface area contributed by atoms with E-state index in [2.05, 4.69) is 0 Å². The molecule has 2 N–H and O–H groups in total. The summed E-state index contributed by atoms with van der Waals surface area (Å²) < 4.78 is 0. The minimum absolute atomic E-state index is 0.0119. The third kappa shape index (κ3) is 4.39. The molecule has 4 heteroatoms. The summed E-state index contributed by atoms with van der Waals surface area (Å²) in [5.41, 5.74) is 7.22. The van der Waals surface area contributed by atoms with Crippen LogP contribution in [-0.4, -0.2) is 13.0 Å². The molecule has 2 aromatic carbocycles. The molecule has 0 saturated heterocycles. The van der Waals surface area contributed by atoms with Crippen LogP contribution < -0.4 is 10.6 Å². The first-order chi connectivity index (χ1) is 10.2. The van der Waals surface area contributed by atoms with Gasteiger partial charge in [0.1, 0.15) is 0 Å². The maximum atomic E-state index is 12.1. The molecule has 108 valence electrons. The monoisotopic (exact) mass is 298 g/mol. The molecule has 21 heavy (non-hydrogen) atoms. The Morgan fingerprint density at radius 2 is 1.81 bits per heavy atom. The van der Waals surface area contributed by atoms with E-state index in [1.165, 1.54) is 0 Å². The number of nitrogen functional groups attached to an aromatic ring is 1. The van der Waals surface area contributed by atoms with E-state index in [9.17, 15) is 4.79 Å². The molecular weight excluding hydrogens is 280 g/mol. The third-order valence-corrected chi connectivity index (χ3v) is 3.88. The second-order valence-electron chi connectivity index (χ2n) is 4.52. The van der Waals surface area contributed by atoms with E-state index in [4.69, 9.17) is 5.73 Å². The molecule has 0 unspecified atom stereocenters. The van der Waals surface area contributed by atoms with E-state index in [1.54, 1.807) is 29.8 Å². The molecule has 0 aliphatic rings. The lowest BCUT2D eigenvalue weighted by molar-refractivity contribution is -0.117. The Balaban J connectivity index is 1.88. The summed E-state index contributed by atoms with van der Waals surface area (Å²) in [4.78, 5) is 14.9. The van der Waals surface area contributed by atoms with Crippen LogP contribution in [-0.2, 0) is 4.79 Å². The zero-order chi connectivity index (χ0) is 15.1. The van der Waals surface area contributed by atoms with Crippen molar-refractivity contribution in [1.29, 1.82) is 0 Å². The number of rotatable bonds is 5. The Morgan fingerprint density at radius 3 is 2.52 bits per heavy atom. The van der Waals surface area contributed by atoms with Crippen LogP contribution in [0.5, 0.6) is 0 Å². The van der Waals surface area contributed by atoms with Gasteiger partial charge in [-0.15, -0.1) is 0 Å². The summed E-state index contributed by atoms with van der Waals surface area (Å²) in [5, 5.41) is 1.94. The fraction of sp³-hybridized carbons (Fsp3) is 0.118. The van der Waals surface area contributed by atoms with Crippen molar-refractivity contribution in [2.45, 2.75) is 11.3 Å². The van der Waals surface area contributed by atoms with Gasteiger partial charge in [-0.3, -0.25) is 4.79 Å². The number of benzene rings is 2. The summed E-state index contributed by atoms with van der Waals surface area (Å²) in [5.74, 6) is 0.0119. The minimum atomic E-state index is 0.0119. The maximum absolute atomic E-state index is 12.1. The summed E-state index contributed by atoms with van der Waals surface area (Å²) in [6.07, 6.45) is 2.22. The smallest absolute Gasteiger partial charge is 0.230 e. The van der Waals surface area contributed by atoms with Gasteiger partial charge in [0.25, 0.3) is 0 Å². The van der Waals surface area contributed by atoms with Gasteiger partial charge in [0, 0.05) is 18.4 Å². The molecule has 0 aromatic heterocycles. The Labute approximate surface area is 129 Å². The number of carbonyl (C=O) groups excluding carboxylic acids is 1. The highest BCUT2D eigenvalue weighted by Gasteiger charge is 2.11. The number of para-hydroxylation sites is 2. The highest BCUT2D eigenvalue weighted by Crippen LogP contribution is 2.22. The van der Waals surface area contributed by atoms with E-state index in [0.717, 1.165) is 10.6 Å². The van der Waals surface area contributed by atoms with Gasteiger partial charge in [-0.25, -0.2) is 0 Å². The van der Waals surface area contributed by atoms with Crippen LogP contribution in [0.4, 0.5) is 11.4 Å². The topological polar surface area (TPSA) is 46.3 Å². The molecule has 3 nitrogen and oxygen atoms in total. The standard InChI is InChI=1S/C17H18N2OS/c1-19(16-11-6-5-10-15(16)18)17(20)12-7-13-21-14-8-3-2-4-9-14/h2-11,13H,12,18H2,1H3/b13-7+. The molecule has 0 fully saturated rings. The fourth-order valence-electron chi connectivity index (χ4n) is 1.84. The van der Waals surface area contributed by atoms with Crippen molar-refractivity contribution < 1.29 is 4.79 Å². The second kappa shape index (κ2) is 7.55. The number of hydrogen-bond donors (Lipinski definition) is 1. The van der Waals surface area contributed by atoms with Crippen molar-refractivity contribution in [3.05, 3.63) is 66.1 Å². The van der Waals surface area contributed by atoms with E-state index in [0.29, 0.717) is 12.1 Å². The van der Waals surface area contributed by atoms with Crippen LogP contribution in [0.2, 0.25) is 0 Å². The van der Waals surface area contributed by atoms with E-state index >= 15 is 0 Å². The summed E-state index contributed by atoms with van der Waals surface area (Å²) >= 11 is 1.60. The molecule has 0 heterocycles. The molecule has 0 spiro atoms. The SMILES string of the molecule is CN(C(=O)C/C=C/Sc1ccccc1)c1ccccc1N. The maximum Gasteiger partial charge on any atom is 0.230 e. The Kier molecular flexibility index (Phi) is 5.46. The number of anilines is 2. The number of hydrogen-bond acceptors (Lipinski definition) is 3. The van der Waals surface area contributed by atoms with E-state index < -0.39 is 0 Å². The largest absolute Gasteiger partial charge is 0.397 e. The lowest BCUT2D eigenvalue weighted by Gasteiger charge is -2.18. The molecule has 0 bridgehead atoms. The van der Waals surface area contributed by atoms with E-state index in [-0.39, 0.29) is 5.91 Å². The van der Waals surface area contributed by atoms with Gasteiger partial charge < -0.3 is 10.6 Å². The number of amides is 1. The second-order valence-corrected chi connectivity index (χ2v) is 5.50. The summed E-state index contributed by atoms with van der Waals surface area (Å²) in [6, 6.07) is 17.4. The van der Waals surface area contributed by atoms with Gasteiger partial charge in [-0.2, -0.15) is 0 Å². The van der Waals surface area contributed by atoms with Crippen LogP contribution >= 0.6 is 11.8 Å². The van der Waals surface area contributed by atoms with Gasteiger partial charge in [-0.1, -0.05) is 48.2 Å². The zero-order valence-electron chi connectivity index (χ0n) is 11.9. The molecule has 0 aliphatic heterocycles. The van der Waals surface area contributed by atoms with Gasteiger partial charge in [-0.05, 0) is 29.7 Å². The van der Waals surface area contributed by atoms with E-state index in [1.807, 2.05) is 60.0 Å². The number of nitrogens with zero attached hydrogens (tertiary/aromatic N) is 1. The first-order valence-corrected chi connectivity index (χ1v) is 7.54. The van der Waals surface area contributed by atoms with Crippen molar-refractivity contribution in [3.63, 3.8) is 0 Å². The third-order valence-electron chi connectivity index (χ3n) is 3.01. The Morgan fingerprint density at radius 1 is 1.14 bits per heavy atom. The molecule has 1 amide bonds. The Bertz CT molecular complexity index is 626. The lowest BCUT2D eigenvalue weighted by atomic mass is 10.2. The van der Waals surface area contributed by atoms with Crippen molar-refractivity contribution in [2.75, 3.05) is 17.7 Å². The van der Waals surface area contributed by atoms with Crippen molar-refractivity contribution in [3.8, 4) is 0 Å². The average Bonchev–Trinajstić information content (AvgIpc) is 2.52. The van der Waals surface area contributed by atoms with Crippen LogP contribution in [0.25, 0.3) is 0 Å². The van der Waals surface area contributed by atoms with Crippen LogP contribution in [0.15, 0.2) is 71.0 Å². The molecule has 0 atom stereocenters. The van der Waals surface area contributed by atoms with Gasteiger partial charge >= 0.3 is 0 Å². The predicted molar refractivity (Wildman–Crippen MR) is 90.3 cm³/mol. The van der Waals surface area contributed by atoms with Gasteiger partial charge in [0.05, 0.1) is 11.4 Å². The molecule has 0 radical (unpaired) electrons. The normalized spacial score (nSPS) is 10.7. The zero-order valence-corrected chi connectivity index (χ0v) is 12.7. The first-order valence-electron chi connectivity index (χ1n) is 6.66. The van der Waals surface area contributed by atoms with Crippen LogP contribution in [0.1, 0.15) is 6.42 Å². The minimum Gasteiger partial charge on any atom is -0.397 e. The number of thioether (sulfide) groups is 1. The van der Waals surface area contributed by atoms with Gasteiger partial charge in [0.2, 0.25) is 5.91 Å². The molecular formula is C17H18N2OS. The van der Waals surface area contributed by atoms with Crippen LogP contribution in [0.3, 0.4) is 0 Å². The highest BCUT2D eigenvalue weighted by molar-refractivity contribution is 8.02. The molecule has 0 saturated carbocycles. The molecule has 2 rings (SSSR count). The summed E-state index contributed by atoms with van der Waals surface area (Å²) in [7, 11) is 1.74. The van der Waals surface area contributed by atoms with Crippen molar-refractivity contribution >= 4 is 29.0 Å². The fourth-order valence-corrected chi connectivity index (χ4v) is 2.50. The molecule has 0 aliphatic carbocycles. The summed E-state index contributed by atoms with van der Waals surface area (Å²) in [6.45, 7) is 0. The number of nitrogens with two attached hydrogens (primary N) is 1. The highest BCUT2D eigenvalue weighted by atomic mass is 32.2. The first kappa shape index (κ1) is 15.2. The lowest BCUT2D eigenvalue weighted by Crippen LogP contribution is -2.26. The number of carbonyl (C=O) groups is 1. The predicted octanol–water partition coefficient (Wildman–Crippen LogP) is 3.93. The van der Waals surface area contributed by atoms with Crippen molar-refractivity contribution in [2.24, 2.45) is 0 Å².